The Morgan fingerprint density at radius 1 is 1.08 bits per heavy atom. The summed E-state index contributed by atoms with van der Waals surface area (Å²) in [6.45, 7) is 4.93. The van der Waals surface area contributed by atoms with Crippen molar-refractivity contribution in [1.29, 1.82) is 0 Å². The Morgan fingerprint density at radius 3 is 2.29 bits per heavy atom. The fourth-order valence-electron chi connectivity index (χ4n) is 3.01. The van der Waals surface area contributed by atoms with E-state index in [4.69, 9.17) is 9.84 Å². The molecule has 2 aromatic rings. The van der Waals surface area contributed by atoms with Gasteiger partial charge in [-0.2, -0.15) is 0 Å². The molecule has 126 valence electrons. The molecule has 24 heavy (non-hydrogen) atoms. The number of benzene rings is 2. The van der Waals surface area contributed by atoms with Crippen molar-refractivity contribution in [2.75, 3.05) is 13.1 Å². The van der Waals surface area contributed by atoms with Crippen molar-refractivity contribution >= 4 is 5.97 Å². The molecule has 1 aliphatic heterocycles. The van der Waals surface area contributed by atoms with Crippen molar-refractivity contribution in [3.05, 3.63) is 65.2 Å². The number of nitrogens with zero attached hydrogens (tertiary/aromatic N) is 1. The lowest BCUT2D eigenvalue weighted by Gasteiger charge is -2.32. The molecule has 3 rings (SSSR count). The smallest absolute Gasteiger partial charge is 0.335 e. The van der Waals surface area contributed by atoms with E-state index in [0.717, 1.165) is 43.8 Å². The molecule has 0 aromatic heterocycles. The van der Waals surface area contributed by atoms with Crippen molar-refractivity contribution in [1.82, 2.24) is 4.90 Å². The van der Waals surface area contributed by atoms with Crippen LogP contribution in [0, 0.1) is 6.92 Å². The van der Waals surface area contributed by atoms with Crippen LogP contribution in [0.3, 0.4) is 0 Å². The first-order valence-corrected chi connectivity index (χ1v) is 8.38. The van der Waals surface area contributed by atoms with Gasteiger partial charge in [-0.3, -0.25) is 4.90 Å². The molecule has 0 aliphatic carbocycles. The molecule has 0 radical (unpaired) electrons. The van der Waals surface area contributed by atoms with Gasteiger partial charge in [-0.1, -0.05) is 29.8 Å². The fourth-order valence-corrected chi connectivity index (χ4v) is 3.01. The highest BCUT2D eigenvalue weighted by molar-refractivity contribution is 5.87. The summed E-state index contributed by atoms with van der Waals surface area (Å²) in [7, 11) is 0. The summed E-state index contributed by atoms with van der Waals surface area (Å²) < 4.78 is 6.06. The number of hydrogen-bond donors (Lipinski definition) is 1. The molecule has 0 bridgehead atoms. The Bertz CT molecular complexity index is 671. The number of carbonyl (C=O) groups is 1. The van der Waals surface area contributed by atoms with Gasteiger partial charge in [0.1, 0.15) is 11.9 Å². The Labute approximate surface area is 142 Å². The van der Waals surface area contributed by atoms with E-state index in [0.29, 0.717) is 5.56 Å². The number of ether oxygens (including phenoxy) is 1. The van der Waals surface area contributed by atoms with E-state index in [2.05, 4.69) is 24.0 Å². The zero-order valence-corrected chi connectivity index (χ0v) is 13.9. The van der Waals surface area contributed by atoms with Gasteiger partial charge in [0.2, 0.25) is 0 Å². The van der Waals surface area contributed by atoms with E-state index in [1.165, 1.54) is 5.56 Å². The maximum absolute atomic E-state index is 10.9. The predicted molar refractivity (Wildman–Crippen MR) is 93.5 cm³/mol. The molecule has 1 fully saturated rings. The summed E-state index contributed by atoms with van der Waals surface area (Å²) in [5, 5.41) is 8.94. The summed E-state index contributed by atoms with van der Waals surface area (Å²) >= 11 is 0. The number of hydrogen-bond acceptors (Lipinski definition) is 3. The molecule has 0 spiro atoms. The van der Waals surface area contributed by atoms with Crippen LogP contribution < -0.4 is 4.74 Å². The van der Waals surface area contributed by atoms with Gasteiger partial charge < -0.3 is 9.84 Å². The molecule has 1 heterocycles. The third-order valence-corrected chi connectivity index (χ3v) is 4.47. The second-order valence-electron chi connectivity index (χ2n) is 6.41. The third kappa shape index (κ3) is 4.36. The van der Waals surface area contributed by atoms with Crippen molar-refractivity contribution in [3.8, 4) is 5.75 Å². The van der Waals surface area contributed by atoms with Crippen LogP contribution in [0.15, 0.2) is 48.5 Å². The van der Waals surface area contributed by atoms with Crippen molar-refractivity contribution in [2.24, 2.45) is 0 Å². The standard InChI is InChI=1S/C20H23NO3/c1-15-2-8-18(9-3-15)24-19-10-12-21(13-11-19)14-16-4-6-17(7-5-16)20(22)23/h2-9,19H,10-14H2,1H3,(H,22,23). The maximum Gasteiger partial charge on any atom is 0.335 e. The van der Waals surface area contributed by atoms with Crippen LogP contribution in [0.1, 0.15) is 34.3 Å². The number of aryl methyl sites for hydroxylation is 1. The molecule has 0 amide bonds. The van der Waals surface area contributed by atoms with Crippen LogP contribution in [0.25, 0.3) is 0 Å². The first kappa shape index (κ1) is 16.5. The van der Waals surface area contributed by atoms with E-state index in [9.17, 15) is 4.79 Å². The number of carboxylic acid groups (broad SMARTS) is 1. The average Bonchev–Trinajstić information content (AvgIpc) is 2.59. The summed E-state index contributed by atoms with van der Waals surface area (Å²) in [5.41, 5.74) is 2.73. The van der Waals surface area contributed by atoms with Crippen LogP contribution in [0.5, 0.6) is 5.75 Å². The monoisotopic (exact) mass is 325 g/mol. The summed E-state index contributed by atoms with van der Waals surface area (Å²) in [6.07, 6.45) is 2.31. The quantitative estimate of drug-likeness (QED) is 0.910. The normalized spacial score (nSPS) is 16.0. The zero-order valence-electron chi connectivity index (χ0n) is 13.9. The predicted octanol–water partition coefficient (Wildman–Crippen LogP) is 3.74. The Kier molecular flexibility index (Phi) is 5.16. The highest BCUT2D eigenvalue weighted by Gasteiger charge is 2.20. The largest absolute Gasteiger partial charge is 0.490 e. The minimum atomic E-state index is -0.879. The highest BCUT2D eigenvalue weighted by atomic mass is 16.5. The second-order valence-corrected chi connectivity index (χ2v) is 6.41. The number of rotatable bonds is 5. The minimum absolute atomic E-state index is 0.276. The van der Waals surface area contributed by atoms with Crippen LogP contribution in [-0.2, 0) is 6.54 Å². The van der Waals surface area contributed by atoms with E-state index < -0.39 is 5.97 Å². The van der Waals surface area contributed by atoms with Gasteiger partial charge in [-0.05, 0) is 49.6 Å². The molecule has 2 aromatic carbocycles. The average molecular weight is 325 g/mol. The van der Waals surface area contributed by atoms with Crippen LogP contribution in [0.4, 0.5) is 0 Å². The molecule has 1 saturated heterocycles. The zero-order chi connectivity index (χ0) is 16.9. The van der Waals surface area contributed by atoms with E-state index in [1.54, 1.807) is 12.1 Å². The molecule has 4 heteroatoms. The minimum Gasteiger partial charge on any atom is -0.490 e. The van der Waals surface area contributed by atoms with Crippen LogP contribution in [-0.4, -0.2) is 35.2 Å². The van der Waals surface area contributed by atoms with Crippen molar-refractivity contribution in [2.45, 2.75) is 32.4 Å². The summed E-state index contributed by atoms with van der Waals surface area (Å²) in [6, 6.07) is 15.4. The Balaban J connectivity index is 1.48. The van der Waals surface area contributed by atoms with Gasteiger partial charge in [0.05, 0.1) is 5.56 Å². The van der Waals surface area contributed by atoms with Gasteiger partial charge in [-0.15, -0.1) is 0 Å². The molecule has 1 aliphatic rings. The number of piperidine rings is 1. The lowest BCUT2D eigenvalue weighted by atomic mass is 10.1. The SMILES string of the molecule is Cc1ccc(OC2CCN(Cc3ccc(C(=O)O)cc3)CC2)cc1. The molecule has 0 atom stereocenters. The first-order chi connectivity index (χ1) is 11.6. The van der Waals surface area contributed by atoms with Crippen molar-refractivity contribution < 1.29 is 14.6 Å². The van der Waals surface area contributed by atoms with Gasteiger partial charge in [0, 0.05) is 19.6 Å². The molecule has 4 nitrogen and oxygen atoms in total. The van der Waals surface area contributed by atoms with Gasteiger partial charge in [0.15, 0.2) is 0 Å². The third-order valence-electron chi connectivity index (χ3n) is 4.47. The van der Waals surface area contributed by atoms with E-state index >= 15 is 0 Å². The van der Waals surface area contributed by atoms with Gasteiger partial charge in [-0.25, -0.2) is 4.79 Å². The summed E-state index contributed by atoms with van der Waals surface area (Å²) in [4.78, 5) is 13.3. The van der Waals surface area contributed by atoms with Crippen LogP contribution in [0.2, 0.25) is 0 Å². The first-order valence-electron chi connectivity index (χ1n) is 8.38. The highest BCUT2D eigenvalue weighted by Crippen LogP contribution is 2.20. The van der Waals surface area contributed by atoms with Crippen molar-refractivity contribution in [3.63, 3.8) is 0 Å². The number of aromatic carboxylic acids is 1. The molecule has 0 saturated carbocycles. The molecular weight excluding hydrogens is 302 g/mol. The summed E-state index contributed by atoms with van der Waals surface area (Å²) in [5.74, 6) is 0.0685. The Hall–Kier alpha value is -2.33. The lowest BCUT2D eigenvalue weighted by molar-refractivity contribution is 0.0696. The van der Waals surface area contributed by atoms with Crippen LogP contribution >= 0.6 is 0 Å². The second kappa shape index (κ2) is 7.49. The Morgan fingerprint density at radius 2 is 1.71 bits per heavy atom. The lowest BCUT2D eigenvalue weighted by Crippen LogP contribution is -2.37. The number of carboxylic acids is 1. The van der Waals surface area contributed by atoms with Gasteiger partial charge >= 0.3 is 5.97 Å². The number of likely N-dealkylation sites (tertiary alicyclic amines) is 1. The van der Waals surface area contributed by atoms with E-state index in [-0.39, 0.29) is 6.10 Å². The molecule has 0 unspecified atom stereocenters. The molecule has 1 N–H and O–H groups in total. The fraction of sp³-hybridized carbons (Fsp3) is 0.350. The van der Waals surface area contributed by atoms with Gasteiger partial charge in [0.25, 0.3) is 0 Å². The van der Waals surface area contributed by atoms with E-state index in [1.807, 2.05) is 24.3 Å². The topological polar surface area (TPSA) is 49.8 Å². The molecular formula is C20H23NO3. The maximum atomic E-state index is 10.9.